The molecule has 0 aliphatic carbocycles. The van der Waals surface area contributed by atoms with E-state index in [-0.39, 0.29) is 22.1 Å². The Balaban J connectivity index is 1.67. The van der Waals surface area contributed by atoms with Gasteiger partial charge in [0.1, 0.15) is 5.75 Å². The monoisotopic (exact) mass is 567 g/mol. The van der Waals surface area contributed by atoms with E-state index in [2.05, 4.69) is 45.0 Å². The average Bonchev–Trinajstić information content (AvgIpc) is 2.91. The summed E-state index contributed by atoms with van der Waals surface area (Å²) in [5.41, 5.74) is 4.15. The topological polar surface area (TPSA) is 83.9 Å². The Morgan fingerprint density at radius 1 is 1.05 bits per heavy atom. The van der Waals surface area contributed by atoms with Gasteiger partial charge in [0.15, 0.2) is 0 Å². The van der Waals surface area contributed by atoms with Gasteiger partial charge in [0, 0.05) is 17.5 Å². The van der Waals surface area contributed by atoms with Crippen LogP contribution in [0.5, 0.6) is 5.75 Å². The molecule has 0 radical (unpaired) electrons. The van der Waals surface area contributed by atoms with E-state index < -0.39 is 28.0 Å². The Morgan fingerprint density at radius 3 is 2.31 bits per heavy atom. The number of aliphatic carboxylic acids is 1. The molecule has 3 aromatic rings. The van der Waals surface area contributed by atoms with Gasteiger partial charge in [0.25, 0.3) is 0 Å². The van der Waals surface area contributed by atoms with Crippen molar-refractivity contribution in [1.29, 1.82) is 0 Å². The highest BCUT2D eigenvalue weighted by Crippen LogP contribution is 2.43. The SMILES string of the molecule is COc1cccc([C@@H]2C[C@@H](SCc3ccc(C(C)(C)C)cc3)[C@H](C(=O)O)CN2S(=O)(=O)c2ccc(C)cc2)c1. The van der Waals surface area contributed by atoms with Gasteiger partial charge in [-0.25, -0.2) is 8.42 Å². The van der Waals surface area contributed by atoms with Gasteiger partial charge in [-0.2, -0.15) is 16.1 Å². The van der Waals surface area contributed by atoms with Crippen LogP contribution in [0.4, 0.5) is 0 Å². The molecular formula is C31H37NO5S2. The molecule has 3 aromatic carbocycles. The van der Waals surface area contributed by atoms with Crippen molar-refractivity contribution in [3.05, 3.63) is 95.1 Å². The summed E-state index contributed by atoms with van der Waals surface area (Å²) in [7, 11) is -2.38. The first-order chi connectivity index (χ1) is 18.4. The molecule has 1 aliphatic heterocycles. The van der Waals surface area contributed by atoms with Crippen LogP contribution in [0.25, 0.3) is 0 Å². The van der Waals surface area contributed by atoms with E-state index in [9.17, 15) is 18.3 Å². The van der Waals surface area contributed by atoms with E-state index >= 15 is 0 Å². The van der Waals surface area contributed by atoms with Crippen molar-refractivity contribution >= 4 is 27.8 Å². The zero-order valence-corrected chi connectivity index (χ0v) is 24.8. The maximum Gasteiger partial charge on any atom is 0.308 e. The maximum absolute atomic E-state index is 13.9. The Bertz CT molecular complexity index is 1400. The molecule has 4 rings (SSSR count). The van der Waals surface area contributed by atoms with Crippen molar-refractivity contribution in [2.75, 3.05) is 13.7 Å². The maximum atomic E-state index is 13.9. The highest BCUT2D eigenvalue weighted by atomic mass is 32.2. The van der Waals surface area contributed by atoms with Crippen LogP contribution in [0.3, 0.4) is 0 Å². The number of benzene rings is 3. The zero-order chi connectivity index (χ0) is 28.4. The first-order valence-electron chi connectivity index (χ1n) is 13.1. The van der Waals surface area contributed by atoms with Crippen LogP contribution in [0, 0.1) is 12.8 Å². The number of nitrogens with zero attached hydrogens (tertiary/aromatic N) is 1. The molecule has 8 heteroatoms. The normalized spacial score (nSPS) is 20.5. The van der Waals surface area contributed by atoms with Crippen molar-refractivity contribution in [2.24, 2.45) is 5.92 Å². The summed E-state index contributed by atoms with van der Waals surface area (Å²) in [5.74, 6) is -0.549. The predicted molar refractivity (Wildman–Crippen MR) is 157 cm³/mol. The third-order valence-electron chi connectivity index (χ3n) is 7.34. The molecule has 3 atom stereocenters. The Morgan fingerprint density at radius 2 is 1.72 bits per heavy atom. The molecule has 0 unspecified atom stereocenters. The van der Waals surface area contributed by atoms with Gasteiger partial charge in [-0.3, -0.25) is 4.79 Å². The molecule has 0 saturated carbocycles. The predicted octanol–water partition coefficient (Wildman–Crippen LogP) is 6.44. The fourth-order valence-corrected chi connectivity index (χ4v) is 7.93. The number of sulfonamides is 1. The summed E-state index contributed by atoms with van der Waals surface area (Å²) < 4.78 is 34.6. The Kier molecular flexibility index (Phi) is 8.78. The Hall–Kier alpha value is -2.81. The van der Waals surface area contributed by atoms with Crippen LogP contribution in [-0.4, -0.2) is 42.7 Å². The second kappa shape index (κ2) is 11.7. The van der Waals surface area contributed by atoms with Crippen molar-refractivity contribution in [3.63, 3.8) is 0 Å². The molecule has 39 heavy (non-hydrogen) atoms. The third kappa shape index (κ3) is 6.68. The number of rotatable bonds is 8. The molecule has 208 valence electrons. The van der Waals surface area contributed by atoms with E-state index in [0.717, 1.165) is 16.7 Å². The van der Waals surface area contributed by atoms with Crippen molar-refractivity contribution in [1.82, 2.24) is 4.31 Å². The number of hydrogen-bond acceptors (Lipinski definition) is 5. The average molecular weight is 568 g/mol. The van der Waals surface area contributed by atoms with E-state index in [1.807, 2.05) is 31.2 Å². The minimum absolute atomic E-state index is 0.0554. The van der Waals surface area contributed by atoms with E-state index in [0.29, 0.717) is 17.9 Å². The molecule has 0 bridgehead atoms. The van der Waals surface area contributed by atoms with Gasteiger partial charge in [0.05, 0.1) is 24.0 Å². The molecule has 1 aliphatic rings. The fraction of sp³-hybridized carbons (Fsp3) is 0.387. The van der Waals surface area contributed by atoms with Crippen molar-refractivity contribution < 1.29 is 23.1 Å². The van der Waals surface area contributed by atoms with Crippen LogP contribution < -0.4 is 4.74 Å². The number of thioether (sulfide) groups is 1. The number of ether oxygens (including phenoxy) is 1. The first-order valence-corrected chi connectivity index (χ1v) is 15.6. The second-order valence-electron chi connectivity index (χ2n) is 11.2. The van der Waals surface area contributed by atoms with Gasteiger partial charge >= 0.3 is 5.97 Å². The van der Waals surface area contributed by atoms with Crippen molar-refractivity contribution in [2.45, 2.75) is 61.5 Å². The molecule has 6 nitrogen and oxygen atoms in total. The van der Waals surface area contributed by atoms with Crippen molar-refractivity contribution in [3.8, 4) is 5.75 Å². The standard InChI is InChI=1S/C31H37NO5S2/c1-21-9-15-26(16-10-21)39(35,36)32-19-27(30(33)34)29(18-28(32)23-7-6-8-25(17-23)37-5)38-20-22-11-13-24(14-12-22)31(2,3)4/h6-17,27-29H,18-20H2,1-5H3,(H,33,34)/t27-,28+,29-/m1/s1. The van der Waals surface area contributed by atoms with Crippen LogP contribution in [0.1, 0.15) is 55.5 Å². The third-order valence-corrected chi connectivity index (χ3v) is 10.7. The number of piperidine rings is 1. The highest BCUT2D eigenvalue weighted by molar-refractivity contribution is 7.99. The van der Waals surface area contributed by atoms with Crippen LogP contribution in [0.15, 0.2) is 77.7 Å². The van der Waals surface area contributed by atoms with Crippen LogP contribution >= 0.6 is 11.8 Å². The summed E-state index contributed by atoms with van der Waals surface area (Å²) in [6.07, 6.45) is 0.375. The molecule has 0 spiro atoms. The molecule has 0 amide bonds. The number of aryl methyl sites for hydroxylation is 1. The van der Waals surface area contributed by atoms with E-state index in [4.69, 9.17) is 4.74 Å². The van der Waals surface area contributed by atoms with E-state index in [1.54, 1.807) is 43.1 Å². The van der Waals surface area contributed by atoms with Gasteiger partial charge < -0.3 is 9.84 Å². The van der Waals surface area contributed by atoms with Crippen LogP contribution in [-0.2, 0) is 26.0 Å². The molecule has 1 fully saturated rings. The lowest BCUT2D eigenvalue weighted by Gasteiger charge is -2.42. The van der Waals surface area contributed by atoms with E-state index in [1.165, 1.54) is 9.87 Å². The zero-order valence-electron chi connectivity index (χ0n) is 23.1. The molecule has 1 N–H and O–H groups in total. The lowest BCUT2D eigenvalue weighted by molar-refractivity contribution is -0.143. The number of methoxy groups -OCH3 is 1. The summed E-state index contributed by atoms with van der Waals surface area (Å²) >= 11 is 1.59. The van der Waals surface area contributed by atoms with Crippen LogP contribution in [0.2, 0.25) is 0 Å². The first kappa shape index (κ1) is 29.2. The number of hydrogen-bond donors (Lipinski definition) is 1. The summed E-state index contributed by atoms with van der Waals surface area (Å²) in [6.45, 7) is 8.31. The number of carboxylic acids is 1. The highest BCUT2D eigenvalue weighted by Gasteiger charge is 2.45. The van der Waals surface area contributed by atoms with Gasteiger partial charge in [0.2, 0.25) is 10.0 Å². The molecular weight excluding hydrogens is 530 g/mol. The molecule has 0 aromatic heterocycles. The van der Waals surface area contributed by atoms with Gasteiger partial charge in [-0.15, -0.1) is 0 Å². The second-order valence-corrected chi connectivity index (χ2v) is 14.3. The summed E-state index contributed by atoms with van der Waals surface area (Å²) in [5, 5.41) is 9.93. The molecule has 1 heterocycles. The summed E-state index contributed by atoms with van der Waals surface area (Å²) in [6, 6.07) is 22.0. The van der Waals surface area contributed by atoms with Gasteiger partial charge in [-0.05, 0) is 59.7 Å². The quantitative estimate of drug-likeness (QED) is 0.337. The smallest absolute Gasteiger partial charge is 0.308 e. The largest absolute Gasteiger partial charge is 0.497 e. The number of carboxylic acid groups (broad SMARTS) is 1. The Labute approximate surface area is 236 Å². The summed E-state index contributed by atoms with van der Waals surface area (Å²) in [4.78, 5) is 12.6. The lowest BCUT2D eigenvalue weighted by Crippen LogP contribution is -2.49. The minimum atomic E-state index is -3.95. The lowest BCUT2D eigenvalue weighted by atomic mass is 9.87. The fourth-order valence-electron chi connectivity index (χ4n) is 4.93. The minimum Gasteiger partial charge on any atom is -0.497 e. The van der Waals surface area contributed by atoms with Gasteiger partial charge in [-0.1, -0.05) is 74.9 Å². The molecule has 1 saturated heterocycles. The number of carbonyl (C=O) groups is 1.